The Morgan fingerprint density at radius 1 is 1.12 bits per heavy atom. The van der Waals surface area contributed by atoms with Crippen LogP contribution in [0.2, 0.25) is 5.02 Å². The minimum atomic E-state index is -0.914. The molecule has 3 fully saturated rings. The van der Waals surface area contributed by atoms with Crippen molar-refractivity contribution in [2.24, 2.45) is 0 Å². The summed E-state index contributed by atoms with van der Waals surface area (Å²) in [5.41, 5.74) is 7.75. The number of halogens is 3. The first kappa shape index (κ1) is 26.6. The predicted molar refractivity (Wildman–Crippen MR) is 147 cm³/mol. The van der Waals surface area contributed by atoms with Crippen LogP contribution in [0.15, 0.2) is 6.07 Å². The molecule has 0 bridgehead atoms. The van der Waals surface area contributed by atoms with Crippen LogP contribution < -0.4 is 15.4 Å². The maximum absolute atomic E-state index is 15.6. The average molecular weight is 576 g/mol. The quantitative estimate of drug-likeness (QED) is 0.539. The van der Waals surface area contributed by atoms with Crippen LogP contribution in [0, 0.1) is 5.82 Å². The number of alkyl halides is 1. The van der Waals surface area contributed by atoms with E-state index in [9.17, 15) is 4.39 Å². The minimum Gasteiger partial charge on any atom is -0.461 e. The Labute approximate surface area is 238 Å². The normalized spacial score (nSPS) is 30.2. The van der Waals surface area contributed by atoms with Gasteiger partial charge in [-0.1, -0.05) is 11.6 Å². The van der Waals surface area contributed by atoms with Gasteiger partial charge in [0.25, 0.3) is 0 Å². The van der Waals surface area contributed by atoms with Crippen LogP contribution in [0.25, 0.3) is 0 Å². The van der Waals surface area contributed by atoms with Crippen molar-refractivity contribution >= 4 is 23.1 Å². The van der Waals surface area contributed by atoms with Crippen molar-refractivity contribution in [3.05, 3.63) is 39.3 Å². The second-order valence-electron chi connectivity index (χ2n) is 12.0. The Hall–Kier alpha value is -2.27. The van der Waals surface area contributed by atoms with Crippen LogP contribution in [0.1, 0.15) is 60.9 Å². The summed E-state index contributed by atoms with van der Waals surface area (Å²) in [6, 6.07) is 1.78. The van der Waals surface area contributed by atoms with E-state index in [0.29, 0.717) is 69.2 Å². The van der Waals surface area contributed by atoms with Crippen LogP contribution in [-0.4, -0.2) is 72.6 Å². The number of fused-ring (bicyclic) bond motifs is 4. The molecule has 4 aliphatic heterocycles. The second kappa shape index (κ2) is 10.2. The highest BCUT2D eigenvalue weighted by molar-refractivity contribution is 6.31. The monoisotopic (exact) mass is 575 g/mol. The summed E-state index contributed by atoms with van der Waals surface area (Å²) in [7, 11) is 0. The van der Waals surface area contributed by atoms with Gasteiger partial charge in [0.1, 0.15) is 24.2 Å². The van der Waals surface area contributed by atoms with E-state index in [1.165, 1.54) is 6.07 Å². The summed E-state index contributed by atoms with van der Waals surface area (Å²) >= 11 is 6.55. The molecule has 5 aliphatic rings. The average Bonchev–Trinajstić information content (AvgIpc) is 3.31. The standard InChI is InChI=1S/C29H36ClF2N5O3/c30-21-12-22(33)25(32)24-19(21)4-1-6-29(24)14-23-20(16-40-29)26(36-7-3-10-38-11-9-36)35-27(34-23)39-17-28-5-2-8-37(28)15-18(31)13-28/h12,18H,1-11,13-17,33H2/t18-,28+,29-/m1/s1. The fourth-order valence-corrected chi connectivity index (χ4v) is 7.96. The van der Waals surface area contributed by atoms with Gasteiger partial charge in [0.05, 0.1) is 30.1 Å². The molecule has 0 unspecified atom stereocenters. The summed E-state index contributed by atoms with van der Waals surface area (Å²) in [6.07, 6.45) is 4.97. The highest BCUT2D eigenvalue weighted by Crippen LogP contribution is 2.49. The lowest BCUT2D eigenvalue weighted by Crippen LogP contribution is -2.44. The van der Waals surface area contributed by atoms with Crippen LogP contribution in [0.5, 0.6) is 6.01 Å². The smallest absolute Gasteiger partial charge is 0.318 e. The second-order valence-corrected chi connectivity index (χ2v) is 12.4. The van der Waals surface area contributed by atoms with Crippen molar-refractivity contribution in [1.29, 1.82) is 0 Å². The van der Waals surface area contributed by atoms with Gasteiger partial charge in [0.15, 0.2) is 5.82 Å². The third-order valence-electron chi connectivity index (χ3n) is 9.56. The number of anilines is 2. The maximum Gasteiger partial charge on any atom is 0.318 e. The van der Waals surface area contributed by atoms with E-state index in [-0.39, 0.29) is 23.8 Å². The molecule has 8 nitrogen and oxygen atoms in total. The first-order chi connectivity index (χ1) is 19.4. The number of nitrogens with zero attached hydrogens (tertiary/aromatic N) is 4. The maximum atomic E-state index is 15.6. The molecule has 1 aliphatic carbocycles. The molecule has 1 aromatic heterocycles. The molecule has 2 N–H and O–H groups in total. The molecular weight excluding hydrogens is 540 g/mol. The summed E-state index contributed by atoms with van der Waals surface area (Å²) in [5, 5.41) is 0.474. The van der Waals surface area contributed by atoms with E-state index in [0.717, 1.165) is 61.4 Å². The third-order valence-corrected chi connectivity index (χ3v) is 9.89. The molecule has 0 saturated carbocycles. The van der Waals surface area contributed by atoms with Crippen LogP contribution in [0.4, 0.5) is 20.3 Å². The first-order valence-corrected chi connectivity index (χ1v) is 14.9. The molecular formula is C29H36ClF2N5O3. The largest absolute Gasteiger partial charge is 0.461 e. The molecule has 216 valence electrons. The first-order valence-electron chi connectivity index (χ1n) is 14.5. The van der Waals surface area contributed by atoms with Crippen molar-refractivity contribution in [2.75, 3.05) is 56.6 Å². The number of hydrogen-bond donors (Lipinski definition) is 1. The van der Waals surface area contributed by atoms with Crippen molar-refractivity contribution in [1.82, 2.24) is 14.9 Å². The summed E-state index contributed by atoms with van der Waals surface area (Å²) in [4.78, 5) is 14.2. The Morgan fingerprint density at radius 2 is 2.02 bits per heavy atom. The van der Waals surface area contributed by atoms with Crippen LogP contribution in [-0.2, 0) is 34.5 Å². The van der Waals surface area contributed by atoms with Gasteiger partial charge in [-0.2, -0.15) is 9.97 Å². The number of nitrogens with two attached hydrogens (primary N) is 1. The molecule has 1 spiro atoms. The molecule has 3 saturated heterocycles. The lowest BCUT2D eigenvalue weighted by Gasteiger charge is -2.43. The zero-order valence-corrected chi connectivity index (χ0v) is 23.4. The number of benzene rings is 1. The third kappa shape index (κ3) is 4.42. The Balaban J connectivity index is 1.27. The molecule has 11 heteroatoms. The van der Waals surface area contributed by atoms with Crippen molar-refractivity contribution in [3.8, 4) is 6.01 Å². The molecule has 0 radical (unpaired) electrons. The highest BCUT2D eigenvalue weighted by Gasteiger charge is 2.50. The van der Waals surface area contributed by atoms with Crippen molar-refractivity contribution in [3.63, 3.8) is 0 Å². The Bertz CT molecular complexity index is 1310. The molecule has 7 rings (SSSR count). The molecule has 5 heterocycles. The number of aromatic nitrogens is 2. The topological polar surface area (TPSA) is 86.0 Å². The van der Waals surface area contributed by atoms with Crippen molar-refractivity contribution < 1.29 is 23.0 Å². The fraction of sp³-hybridized carbons (Fsp3) is 0.655. The molecule has 1 aromatic carbocycles. The van der Waals surface area contributed by atoms with E-state index in [4.69, 9.17) is 41.5 Å². The summed E-state index contributed by atoms with van der Waals surface area (Å²) in [6.45, 7) is 4.74. The van der Waals surface area contributed by atoms with Gasteiger partial charge >= 0.3 is 6.01 Å². The van der Waals surface area contributed by atoms with E-state index < -0.39 is 17.6 Å². The molecule has 40 heavy (non-hydrogen) atoms. The van der Waals surface area contributed by atoms with E-state index in [1.54, 1.807) is 0 Å². The number of ether oxygens (including phenoxy) is 3. The predicted octanol–water partition coefficient (Wildman–Crippen LogP) is 4.34. The van der Waals surface area contributed by atoms with E-state index in [2.05, 4.69) is 9.80 Å². The number of hydrogen-bond acceptors (Lipinski definition) is 8. The van der Waals surface area contributed by atoms with Gasteiger partial charge in [-0.25, -0.2) is 8.78 Å². The summed E-state index contributed by atoms with van der Waals surface area (Å²) in [5.74, 6) is 0.318. The van der Waals surface area contributed by atoms with Gasteiger partial charge < -0.3 is 24.8 Å². The van der Waals surface area contributed by atoms with Crippen LogP contribution >= 0.6 is 11.6 Å². The fourth-order valence-electron chi connectivity index (χ4n) is 7.65. The summed E-state index contributed by atoms with van der Waals surface area (Å²) < 4.78 is 48.6. The SMILES string of the molecule is Nc1cc(Cl)c2c(c1F)[C@@]1(CCC2)Cc2nc(OC[C@@]34CCCN3C[C@H](F)C4)nc(N3CCCOCC3)c2CO1. The zero-order chi connectivity index (χ0) is 27.5. The Kier molecular flexibility index (Phi) is 6.80. The number of nitrogen functional groups attached to an aromatic ring is 1. The van der Waals surface area contributed by atoms with Gasteiger partial charge in [-0.15, -0.1) is 0 Å². The minimum absolute atomic E-state index is 0.0273. The molecule has 3 atom stereocenters. The number of rotatable bonds is 4. The zero-order valence-electron chi connectivity index (χ0n) is 22.7. The van der Waals surface area contributed by atoms with Crippen molar-refractivity contribution in [2.45, 2.75) is 75.3 Å². The van der Waals surface area contributed by atoms with Gasteiger partial charge in [0.2, 0.25) is 0 Å². The Morgan fingerprint density at radius 3 is 2.92 bits per heavy atom. The van der Waals surface area contributed by atoms with Gasteiger partial charge in [-0.3, -0.25) is 4.90 Å². The highest BCUT2D eigenvalue weighted by atomic mass is 35.5. The van der Waals surface area contributed by atoms with E-state index in [1.807, 2.05) is 0 Å². The van der Waals surface area contributed by atoms with E-state index >= 15 is 4.39 Å². The lowest BCUT2D eigenvalue weighted by atomic mass is 9.74. The lowest BCUT2D eigenvalue weighted by molar-refractivity contribution is -0.0876. The molecule has 2 aromatic rings. The molecule has 0 amide bonds. The van der Waals surface area contributed by atoms with Crippen LogP contribution in [0.3, 0.4) is 0 Å². The van der Waals surface area contributed by atoms with Gasteiger partial charge in [-0.05, 0) is 56.7 Å². The van der Waals surface area contributed by atoms with Gasteiger partial charge in [0, 0.05) is 55.2 Å².